The molecule has 3 unspecified atom stereocenters. The zero-order valence-electron chi connectivity index (χ0n) is 12.4. The van der Waals surface area contributed by atoms with E-state index in [0.29, 0.717) is 22.9 Å². The molecule has 1 amide bonds. The van der Waals surface area contributed by atoms with Gasteiger partial charge in [0.2, 0.25) is 0 Å². The van der Waals surface area contributed by atoms with Gasteiger partial charge in [0.1, 0.15) is 5.75 Å². The van der Waals surface area contributed by atoms with Crippen molar-refractivity contribution in [3.8, 4) is 11.7 Å². The minimum atomic E-state index is -0.203. The topological polar surface area (TPSA) is 63.5 Å². The average Bonchev–Trinajstić information content (AvgIpc) is 3.23. The normalized spacial score (nSPS) is 25.5. The van der Waals surface area contributed by atoms with Gasteiger partial charge < -0.3 is 19.8 Å². The predicted octanol–water partition coefficient (Wildman–Crippen LogP) is 3.35. The standard InChI is InChI=1S/C17H17ClN2O3/c18-10-2-1-3-12(8-10)22-16-7-6-15(23-16)17(21)20-14-9-11-4-5-13(14)19-11/h1-3,6-8,11,13-14,19H,4-5,9H2,(H,20,21). The second-order valence-electron chi connectivity index (χ2n) is 6.04. The first kappa shape index (κ1) is 14.6. The number of benzene rings is 1. The van der Waals surface area contributed by atoms with Crippen LogP contribution in [-0.4, -0.2) is 24.0 Å². The van der Waals surface area contributed by atoms with Crippen molar-refractivity contribution < 1.29 is 13.9 Å². The average molecular weight is 333 g/mol. The molecule has 0 spiro atoms. The zero-order chi connectivity index (χ0) is 15.8. The third-order valence-corrected chi connectivity index (χ3v) is 4.67. The molecule has 23 heavy (non-hydrogen) atoms. The van der Waals surface area contributed by atoms with E-state index in [9.17, 15) is 4.79 Å². The van der Waals surface area contributed by atoms with Crippen molar-refractivity contribution in [2.24, 2.45) is 0 Å². The number of furan rings is 1. The molecule has 3 heterocycles. The number of nitrogens with one attached hydrogen (secondary N) is 2. The number of rotatable bonds is 4. The van der Waals surface area contributed by atoms with Gasteiger partial charge in [0.25, 0.3) is 11.9 Å². The van der Waals surface area contributed by atoms with Crippen LogP contribution >= 0.6 is 11.6 Å². The molecule has 0 radical (unpaired) electrons. The summed E-state index contributed by atoms with van der Waals surface area (Å²) in [5.41, 5.74) is 0. The largest absolute Gasteiger partial charge is 0.426 e. The highest BCUT2D eigenvalue weighted by atomic mass is 35.5. The lowest BCUT2D eigenvalue weighted by Gasteiger charge is -2.20. The van der Waals surface area contributed by atoms with Crippen LogP contribution in [0.25, 0.3) is 0 Å². The Bertz CT molecular complexity index is 730. The molecule has 4 rings (SSSR count). The summed E-state index contributed by atoms with van der Waals surface area (Å²) in [5, 5.41) is 7.12. The van der Waals surface area contributed by atoms with Crippen LogP contribution in [0, 0.1) is 0 Å². The maximum Gasteiger partial charge on any atom is 0.290 e. The van der Waals surface area contributed by atoms with Crippen molar-refractivity contribution in [1.82, 2.24) is 10.6 Å². The first-order valence-corrected chi connectivity index (χ1v) is 8.15. The van der Waals surface area contributed by atoms with Gasteiger partial charge in [-0.1, -0.05) is 17.7 Å². The quantitative estimate of drug-likeness (QED) is 0.901. The molecule has 2 saturated heterocycles. The van der Waals surface area contributed by atoms with Gasteiger partial charge in [-0.25, -0.2) is 0 Å². The fourth-order valence-corrected chi connectivity index (χ4v) is 3.55. The predicted molar refractivity (Wildman–Crippen MR) is 86.1 cm³/mol. The number of fused-ring (bicyclic) bond motifs is 2. The van der Waals surface area contributed by atoms with E-state index in [-0.39, 0.29) is 23.7 Å². The Morgan fingerprint density at radius 2 is 2.22 bits per heavy atom. The van der Waals surface area contributed by atoms with Crippen LogP contribution in [0.15, 0.2) is 40.8 Å². The van der Waals surface area contributed by atoms with Crippen molar-refractivity contribution in [3.63, 3.8) is 0 Å². The molecule has 2 aliphatic rings. The van der Waals surface area contributed by atoms with Crippen LogP contribution < -0.4 is 15.4 Å². The molecular formula is C17H17ClN2O3. The molecule has 2 aliphatic heterocycles. The lowest BCUT2D eigenvalue weighted by atomic mass is 9.95. The van der Waals surface area contributed by atoms with Gasteiger partial charge in [0, 0.05) is 29.2 Å². The smallest absolute Gasteiger partial charge is 0.290 e. The number of hydrogen-bond donors (Lipinski definition) is 2. The number of halogens is 1. The van der Waals surface area contributed by atoms with E-state index in [4.69, 9.17) is 20.8 Å². The van der Waals surface area contributed by atoms with Crippen LogP contribution in [0.5, 0.6) is 11.7 Å². The Morgan fingerprint density at radius 3 is 2.96 bits per heavy atom. The molecular weight excluding hydrogens is 316 g/mol. The molecule has 2 fully saturated rings. The lowest BCUT2D eigenvalue weighted by Crippen LogP contribution is -2.42. The van der Waals surface area contributed by atoms with Crippen LogP contribution in [0.2, 0.25) is 5.02 Å². The van der Waals surface area contributed by atoms with Gasteiger partial charge in [-0.05, 0) is 43.5 Å². The molecule has 0 saturated carbocycles. The Morgan fingerprint density at radius 1 is 1.30 bits per heavy atom. The molecule has 5 nitrogen and oxygen atoms in total. The van der Waals surface area contributed by atoms with E-state index >= 15 is 0 Å². The lowest BCUT2D eigenvalue weighted by molar-refractivity contribution is 0.0898. The Balaban J connectivity index is 1.40. The van der Waals surface area contributed by atoms with Crippen LogP contribution in [0.3, 0.4) is 0 Å². The van der Waals surface area contributed by atoms with Gasteiger partial charge >= 0.3 is 0 Å². The van der Waals surface area contributed by atoms with Crippen molar-refractivity contribution >= 4 is 17.5 Å². The number of ether oxygens (including phenoxy) is 1. The second kappa shape index (κ2) is 5.91. The maximum atomic E-state index is 12.3. The van der Waals surface area contributed by atoms with Crippen molar-refractivity contribution in [2.75, 3.05) is 0 Å². The highest BCUT2D eigenvalue weighted by molar-refractivity contribution is 6.30. The molecule has 2 bridgehead atoms. The second-order valence-corrected chi connectivity index (χ2v) is 6.48. The summed E-state index contributed by atoms with van der Waals surface area (Å²) in [6.45, 7) is 0. The SMILES string of the molecule is O=C(NC1CC2CCC1N2)c1ccc(Oc2cccc(Cl)c2)o1. The molecule has 0 aliphatic carbocycles. The summed E-state index contributed by atoms with van der Waals surface area (Å²) in [7, 11) is 0. The Labute approximate surface area is 139 Å². The molecule has 2 aromatic rings. The van der Waals surface area contributed by atoms with E-state index in [2.05, 4.69) is 10.6 Å². The van der Waals surface area contributed by atoms with Gasteiger partial charge in [-0.3, -0.25) is 4.79 Å². The molecule has 120 valence electrons. The van der Waals surface area contributed by atoms with Gasteiger partial charge in [-0.15, -0.1) is 0 Å². The van der Waals surface area contributed by atoms with E-state index in [0.717, 1.165) is 12.8 Å². The first-order chi connectivity index (χ1) is 11.2. The molecule has 3 atom stereocenters. The molecule has 2 N–H and O–H groups in total. The first-order valence-electron chi connectivity index (χ1n) is 7.77. The minimum absolute atomic E-state index is 0.184. The Hall–Kier alpha value is -1.98. The molecule has 1 aromatic carbocycles. The van der Waals surface area contributed by atoms with Crippen LogP contribution in [0.4, 0.5) is 0 Å². The Kier molecular flexibility index (Phi) is 3.75. The third-order valence-electron chi connectivity index (χ3n) is 4.44. The van der Waals surface area contributed by atoms with Crippen molar-refractivity contribution in [2.45, 2.75) is 37.4 Å². The summed E-state index contributed by atoms with van der Waals surface area (Å²) in [6.07, 6.45) is 3.31. The summed E-state index contributed by atoms with van der Waals surface area (Å²) in [6, 6.07) is 11.4. The summed E-state index contributed by atoms with van der Waals surface area (Å²) >= 11 is 5.91. The van der Waals surface area contributed by atoms with E-state index < -0.39 is 0 Å². The zero-order valence-corrected chi connectivity index (χ0v) is 13.2. The van der Waals surface area contributed by atoms with Crippen LogP contribution in [0.1, 0.15) is 29.8 Å². The minimum Gasteiger partial charge on any atom is -0.426 e. The number of hydrogen-bond acceptors (Lipinski definition) is 4. The molecule has 6 heteroatoms. The van der Waals surface area contributed by atoms with E-state index in [1.807, 2.05) is 0 Å². The van der Waals surface area contributed by atoms with Gasteiger partial charge in [-0.2, -0.15) is 0 Å². The highest BCUT2D eigenvalue weighted by Gasteiger charge is 2.39. The van der Waals surface area contributed by atoms with E-state index in [1.165, 1.54) is 6.42 Å². The monoisotopic (exact) mass is 332 g/mol. The van der Waals surface area contributed by atoms with Crippen LogP contribution in [-0.2, 0) is 0 Å². The number of carbonyl (C=O) groups excluding carboxylic acids is 1. The van der Waals surface area contributed by atoms with Crippen molar-refractivity contribution in [3.05, 3.63) is 47.2 Å². The third kappa shape index (κ3) is 3.07. The fraction of sp³-hybridized carbons (Fsp3) is 0.353. The number of amides is 1. The fourth-order valence-electron chi connectivity index (χ4n) is 3.37. The van der Waals surface area contributed by atoms with E-state index in [1.54, 1.807) is 36.4 Å². The number of carbonyl (C=O) groups is 1. The molecule has 1 aromatic heterocycles. The summed E-state index contributed by atoms with van der Waals surface area (Å²) in [5.74, 6) is 0.884. The maximum absolute atomic E-state index is 12.3. The van der Waals surface area contributed by atoms with Gasteiger partial charge in [0.15, 0.2) is 5.76 Å². The summed E-state index contributed by atoms with van der Waals surface area (Å²) in [4.78, 5) is 12.3. The van der Waals surface area contributed by atoms with Gasteiger partial charge in [0.05, 0.1) is 0 Å². The highest BCUT2D eigenvalue weighted by Crippen LogP contribution is 2.29. The summed E-state index contributed by atoms with van der Waals surface area (Å²) < 4.78 is 11.0. The van der Waals surface area contributed by atoms with Crippen molar-refractivity contribution in [1.29, 1.82) is 0 Å².